The lowest BCUT2D eigenvalue weighted by molar-refractivity contribution is -0.151. The summed E-state index contributed by atoms with van der Waals surface area (Å²) in [6.07, 6.45) is 5.70. The van der Waals surface area contributed by atoms with E-state index in [4.69, 9.17) is 16.3 Å². The molecule has 0 aliphatic rings. The molecule has 2 unspecified atom stereocenters. The average Bonchev–Trinajstić information content (AvgIpc) is 3.34. The second kappa shape index (κ2) is 11.1. The minimum Gasteiger partial charge on any atom is -0.463 e. The number of unbranched alkanes of at least 4 members (excludes halogenated alkanes) is 1. The third-order valence-corrected chi connectivity index (χ3v) is 6.12. The molecule has 3 aromatic rings. The molecule has 1 heterocycles. The fourth-order valence-corrected chi connectivity index (χ4v) is 4.05. The summed E-state index contributed by atoms with van der Waals surface area (Å²) < 4.78 is 7.74. The number of hydrogen-bond donors (Lipinski definition) is 1. The van der Waals surface area contributed by atoms with Crippen molar-refractivity contribution in [2.75, 3.05) is 5.32 Å². The van der Waals surface area contributed by atoms with Gasteiger partial charge in [-0.15, -0.1) is 0 Å². The maximum Gasteiger partial charge on any atom is 0.238 e. The van der Waals surface area contributed by atoms with E-state index in [1.807, 2.05) is 51.1 Å². The molecule has 174 valence electrons. The van der Waals surface area contributed by atoms with Crippen LogP contribution in [0.3, 0.4) is 0 Å². The number of rotatable bonds is 11. The molecular weight excluding hydrogens is 438 g/mol. The van der Waals surface area contributed by atoms with Crippen molar-refractivity contribution in [1.29, 1.82) is 0 Å². The fourth-order valence-electron chi connectivity index (χ4n) is 3.92. The minimum atomic E-state index is -1.30. The first-order chi connectivity index (χ1) is 15.9. The summed E-state index contributed by atoms with van der Waals surface area (Å²) in [5.41, 5.74) is -0.651. The number of para-hydroxylation sites is 1. The maximum absolute atomic E-state index is 14.3. The predicted molar refractivity (Wildman–Crippen MR) is 130 cm³/mol. The van der Waals surface area contributed by atoms with Gasteiger partial charge in [-0.3, -0.25) is 14.2 Å². The van der Waals surface area contributed by atoms with Crippen LogP contribution in [0.5, 0.6) is 5.75 Å². The van der Waals surface area contributed by atoms with Crippen molar-refractivity contribution in [3.05, 3.63) is 78.3 Å². The van der Waals surface area contributed by atoms with Crippen LogP contribution >= 0.6 is 11.6 Å². The summed E-state index contributed by atoms with van der Waals surface area (Å²) >= 11 is 6.01. The third-order valence-electron chi connectivity index (χ3n) is 5.87. The number of ketones is 1. The number of anilines is 1. The molecule has 2 aromatic carbocycles. The van der Waals surface area contributed by atoms with Crippen LogP contribution in [-0.2, 0) is 9.59 Å². The van der Waals surface area contributed by atoms with E-state index >= 15 is 0 Å². The van der Waals surface area contributed by atoms with Crippen molar-refractivity contribution in [3.63, 3.8) is 0 Å². The number of aromatic nitrogens is 2. The lowest BCUT2D eigenvalue weighted by atomic mass is 9.68. The number of nitrogens with one attached hydrogen (secondary N) is 1. The third kappa shape index (κ3) is 5.63. The molecule has 3 rings (SSSR count). The minimum absolute atomic E-state index is 0.264. The normalized spacial score (nSPS) is 13.8. The number of nitrogens with zero attached hydrogens (tertiary/aromatic N) is 2. The highest BCUT2D eigenvalue weighted by molar-refractivity contribution is 6.30. The van der Waals surface area contributed by atoms with Gasteiger partial charge in [0.2, 0.25) is 17.9 Å². The highest BCUT2D eigenvalue weighted by Gasteiger charge is 2.51. The van der Waals surface area contributed by atoms with Crippen LogP contribution in [0.15, 0.2) is 73.3 Å². The van der Waals surface area contributed by atoms with Crippen LogP contribution in [0.25, 0.3) is 0 Å². The first kappa shape index (κ1) is 24.5. The van der Waals surface area contributed by atoms with Gasteiger partial charge < -0.3 is 10.1 Å². The van der Waals surface area contributed by atoms with Crippen molar-refractivity contribution >= 4 is 29.0 Å². The lowest BCUT2D eigenvalue weighted by Gasteiger charge is -2.37. The van der Waals surface area contributed by atoms with Crippen LogP contribution in [-0.4, -0.2) is 21.2 Å². The van der Waals surface area contributed by atoms with Gasteiger partial charge in [-0.25, -0.2) is 4.98 Å². The predicted octanol–water partition coefficient (Wildman–Crippen LogP) is 6.15. The van der Waals surface area contributed by atoms with E-state index in [1.165, 1.54) is 6.33 Å². The van der Waals surface area contributed by atoms with E-state index in [2.05, 4.69) is 10.3 Å². The number of carbonyl (C=O) groups is 2. The first-order valence-corrected chi connectivity index (χ1v) is 11.6. The molecular formula is C26H30ClN3O3. The van der Waals surface area contributed by atoms with E-state index in [-0.39, 0.29) is 17.6 Å². The highest BCUT2D eigenvalue weighted by atomic mass is 35.5. The smallest absolute Gasteiger partial charge is 0.238 e. The Balaban J connectivity index is 2.03. The second-order valence-electron chi connectivity index (χ2n) is 8.35. The Kier molecular flexibility index (Phi) is 8.28. The number of ether oxygens (including phenoxy) is 1. The zero-order valence-corrected chi connectivity index (χ0v) is 20.0. The number of hydrogen-bond acceptors (Lipinski definition) is 4. The molecule has 0 aliphatic carbocycles. The average molecular weight is 468 g/mol. The molecule has 0 fully saturated rings. The summed E-state index contributed by atoms with van der Waals surface area (Å²) in [6.45, 7) is 5.86. The molecule has 0 saturated heterocycles. The molecule has 0 bridgehead atoms. The van der Waals surface area contributed by atoms with Crippen molar-refractivity contribution in [3.8, 4) is 5.75 Å². The molecule has 6 nitrogen and oxygen atoms in total. The molecule has 0 spiro atoms. The van der Waals surface area contributed by atoms with E-state index in [0.717, 1.165) is 12.8 Å². The Morgan fingerprint density at radius 2 is 1.82 bits per heavy atom. The zero-order valence-electron chi connectivity index (χ0n) is 19.2. The molecule has 1 aromatic heterocycles. The van der Waals surface area contributed by atoms with Crippen LogP contribution in [0, 0.1) is 11.3 Å². The van der Waals surface area contributed by atoms with Crippen molar-refractivity contribution < 1.29 is 14.3 Å². The van der Waals surface area contributed by atoms with Gasteiger partial charge in [0.25, 0.3) is 0 Å². The topological polar surface area (TPSA) is 73.2 Å². The van der Waals surface area contributed by atoms with E-state index in [1.54, 1.807) is 41.2 Å². The SMILES string of the molecule is CCCCC(C(=O)Nc1ccccc1)(C(=O)C(Oc1ccc(Cl)cc1)n1ccnc1)C(C)C. The summed E-state index contributed by atoms with van der Waals surface area (Å²) in [7, 11) is 0. The Labute approximate surface area is 199 Å². The Hall–Kier alpha value is -3.12. The quantitative estimate of drug-likeness (QED) is 0.343. The van der Waals surface area contributed by atoms with E-state index in [9.17, 15) is 9.59 Å². The molecule has 2 atom stereocenters. The standard InChI is InChI=1S/C26H30ClN3O3/c1-4-5-15-26(19(2)3,25(32)29-21-9-7-6-8-10-21)23(31)24(30-17-16-28-18-30)33-22-13-11-20(27)12-14-22/h6-14,16-19,24H,4-5,15H2,1-3H3,(H,29,32). The molecule has 0 saturated carbocycles. The summed E-state index contributed by atoms with van der Waals surface area (Å²) in [6, 6.07) is 16.0. The van der Waals surface area contributed by atoms with Gasteiger partial charge in [0, 0.05) is 23.1 Å². The van der Waals surface area contributed by atoms with Crippen molar-refractivity contribution in [2.24, 2.45) is 11.3 Å². The van der Waals surface area contributed by atoms with Gasteiger partial charge in [0.1, 0.15) is 11.2 Å². The summed E-state index contributed by atoms with van der Waals surface area (Å²) in [5.74, 6) is -0.428. The molecule has 1 N–H and O–H groups in total. The number of Topliss-reactive ketones (excluding diaryl/α,β-unsaturated/α-hetero) is 1. The number of imidazole rings is 1. The van der Waals surface area contributed by atoms with Gasteiger partial charge in [-0.1, -0.05) is 63.4 Å². The first-order valence-electron chi connectivity index (χ1n) is 11.2. The Morgan fingerprint density at radius 1 is 1.12 bits per heavy atom. The van der Waals surface area contributed by atoms with Crippen LogP contribution in [0.1, 0.15) is 46.3 Å². The summed E-state index contributed by atoms with van der Waals surface area (Å²) in [4.78, 5) is 32.1. The number of amides is 1. The number of carbonyl (C=O) groups excluding carboxylic acids is 2. The maximum atomic E-state index is 14.3. The van der Waals surface area contributed by atoms with E-state index in [0.29, 0.717) is 22.9 Å². The second-order valence-corrected chi connectivity index (χ2v) is 8.78. The monoisotopic (exact) mass is 467 g/mol. The largest absolute Gasteiger partial charge is 0.463 e. The van der Waals surface area contributed by atoms with Crippen LogP contribution in [0.2, 0.25) is 5.02 Å². The molecule has 1 amide bonds. The molecule has 33 heavy (non-hydrogen) atoms. The highest BCUT2D eigenvalue weighted by Crippen LogP contribution is 2.40. The van der Waals surface area contributed by atoms with Gasteiger partial charge in [0.15, 0.2) is 0 Å². The Morgan fingerprint density at radius 3 is 2.39 bits per heavy atom. The van der Waals surface area contributed by atoms with Gasteiger partial charge in [-0.2, -0.15) is 0 Å². The molecule has 0 radical (unpaired) electrons. The number of benzene rings is 2. The van der Waals surface area contributed by atoms with Gasteiger partial charge >= 0.3 is 0 Å². The van der Waals surface area contributed by atoms with Crippen LogP contribution < -0.4 is 10.1 Å². The molecule has 7 heteroatoms. The van der Waals surface area contributed by atoms with Crippen molar-refractivity contribution in [1.82, 2.24) is 9.55 Å². The molecule has 0 aliphatic heterocycles. The van der Waals surface area contributed by atoms with Crippen molar-refractivity contribution in [2.45, 2.75) is 46.3 Å². The van der Waals surface area contributed by atoms with Crippen LogP contribution in [0.4, 0.5) is 5.69 Å². The van der Waals surface area contributed by atoms with Gasteiger partial charge in [-0.05, 0) is 48.7 Å². The summed E-state index contributed by atoms with van der Waals surface area (Å²) in [5, 5.41) is 3.53. The number of halogens is 1. The van der Waals surface area contributed by atoms with Gasteiger partial charge in [0.05, 0.1) is 6.33 Å². The zero-order chi connectivity index (χ0) is 23.8. The fraction of sp³-hybridized carbons (Fsp3) is 0.346. The van der Waals surface area contributed by atoms with E-state index < -0.39 is 11.6 Å². The lowest BCUT2D eigenvalue weighted by Crippen LogP contribution is -2.51. The Bertz CT molecular complexity index is 1040.